The van der Waals surface area contributed by atoms with Crippen molar-refractivity contribution >= 4 is 16.8 Å². The van der Waals surface area contributed by atoms with Crippen LogP contribution in [0, 0.1) is 11.3 Å². The van der Waals surface area contributed by atoms with E-state index in [9.17, 15) is 10.2 Å². The number of rotatable bonds is 8. The molecule has 1 atom stereocenters. The fourth-order valence-electron chi connectivity index (χ4n) is 3.73. The molecule has 2 aliphatic rings. The van der Waals surface area contributed by atoms with Crippen molar-refractivity contribution in [3.63, 3.8) is 0 Å². The van der Waals surface area contributed by atoms with E-state index in [2.05, 4.69) is 29.5 Å². The van der Waals surface area contributed by atoms with Crippen LogP contribution < -0.4 is 0 Å². The molecule has 0 aromatic rings. The van der Waals surface area contributed by atoms with Crippen LogP contribution in [0.2, 0.25) is 0 Å². The first-order chi connectivity index (χ1) is 14.4. The number of aliphatic hydroxyl groups is 3. The van der Waals surface area contributed by atoms with E-state index in [-0.39, 0.29) is 5.92 Å². The van der Waals surface area contributed by atoms with Crippen molar-refractivity contribution in [3.05, 3.63) is 61.1 Å². The van der Waals surface area contributed by atoms with Gasteiger partial charge in [0.05, 0.1) is 5.04 Å². The third kappa shape index (κ3) is 7.14. The molecule has 4 N–H and O–H groups in total. The van der Waals surface area contributed by atoms with Crippen LogP contribution in [-0.4, -0.2) is 94.0 Å². The maximum absolute atomic E-state index is 9.68. The van der Waals surface area contributed by atoms with Crippen LogP contribution in [0.3, 0.4) is 0 Å². The Kier molecular flexibility index (Phi) is 11.8. The molecule has 1 fully saturated rings. The molecule has 0 aromatic heterocycles. The van der Waals surface area contributed by atoms with E-state index >= 15 is 0 Å². The molecule has 1 unspecified atom stereocenters. The van der Waals surface area contributed by atoms with Crippen LogP contribution in [0.5, 0.6) is 0 Å². The maximum atomic E-state index is 9.68. The Labute approximate surface area is 184 Å². The second-order valence-corrected chi connectivity index (χ2v) is 7.86. The minimum absolute atomic E-state index is 0.231. The minimum Gasteiger partial charge on any atom is -0.400 e. The van der Waals surface area contributed by atoms with Gasteiger partial charge in [0.2, 0.25) is 0 Å². The summed E-state index contributed by atoms with van der Waals surface area (Å²) in [5.41, 5.74) is 3.18. The van der Waals surface area contributed by atoms with E-state index in [4.69, 9.17) is 10.5 Å². The molecule has 0 radical (unpaired) electrons. The van der Waals surface area contributed by atoms with Crippen molar-refractivity contribution in [2.45, 2.75) is 12.7 Å². The fourth-order valence-corrected chi connectivity index (χ4v) is 3.96. The molecule has 2 heterocycles. The van der Waals surface area contributed by atoms with Crippen LogP contribution in [-0.2, 0) is 0 Å². The normalized spacial score (nSPS) is 20.6. The highest BCUT2D eigenvalue weighted by Crippen LogP contribution is 2.29. The first-order valence-corrected chi connectivity index (χ1v) is 11.1. The standard InChI is InChI=1S/C21H32N4O2S.CH4O/c1-5-18(13-20(22)28-4)25-10-8-23(9-11-25)14-16-12-17(21(26)27)15-24(7-3)19(16)6-2;1-2/h5-7,13,17,21-22,26-27H,1-3,8-12,14-15H2,4H3;2H,1H3/b18-13+,22-20?;. The molecular weight excluding hydrogens is 400 g/mol. The molecule has 2 aliphatic heterocycles. The SMILES string of the molecule is C=CC1=C(CN2CCN(/C(C=C)=C/C(=N)SC)CC2)CC(C(O)O)CN1C=C.CO. The topological polar surface area (TPSA) is 94.3 Å². The lowest BCUT2D eigenvalue weighted by atomic mass is 9.91. The highest BCUT2D eigenvalue weighted by molar-refractivity contribution is 8.13. The van der Waals surface area contributed by atoms with Gasteiger partial charge in [0.15, 0.2) is 6.29 Å². The predicted octanol–water partition coefficient (Wildman–Crippen LogP) is 1.84. The van der Waals surface area contributed by atoms with Gasteiger partial charge in [-0.25, -0.2) is 0 Å². The molecule has 2 rings (SSSR count). The van der Waals surface area contributed by atoms with Gasteiger partial charge in [-0.2, -0.15) is 0 Å². The number of nitrogens with one attached hydrogen (secondary N) is 1. The van der Waals surface area contributed by atoms with Gasteiger partial charge in [0.1, 0.15) is 0 Å². The van der Waals surface area contributed by atoms with Gasteiger partial charge in [0, 0.05) is 63.7 Å². The Morgan fingerprint density at radius 2 is 1.83 bits per heavy atom. The van der Waals surface area contributed by atoms with E-state index in [0.717, 1.165) is 56.8 Å². The summed E-state index contributed by atoms with van der Waals surface area (Å²) in [7, 11) is 1.00. The van der Waals surface area contributed by atoms with E-state index in [1.807, 2.05) is 29.4 Å². The van der Waals surface area contributed by atoms with Gasteiger partial charge in [-0.15, -0.1) is 11.8 Å². The van der Waals surface area contributed by atoms with Crippen molar-refractivity contribution in [3.8, 4) is 0 Å². The summed E-state index contributed by atoms with van der Waals surface area (Å²) in [4.78, 5) is 6.59. The van der Waals surface area contributed by atoms with Crippen LogP contribution in [0.4, 0.5) is 0 Å². The molecule has 0 amide bonds. The number of hydrogen-bond acceptors (Lipinski definition) is 8. The number of thioether (sulfide) groups is 1. The van der Waals surface area contributed by atoms with Gasteiger partial charge >= 0.3 is 0 Å². The van der Waals surface area contributed by atoms with Crippen molar-refractivity contribution in [2.75, 3.05) is 52.6 Å². The summed E-state index contributed by atoms with van der Waals surface area (Å²) in [6, 6.07) is 0. The predicted molar refractivity (Wildman–Crippen MR) is 126 cm³/mol. The van der Waals surface area contributed by atoms with Crippen LogP contribution in [0.25, 0.3) is 0 Å². The summed E-state index contributed by atoms with van der Waals surface area (Å²) >= 11 is 1.42. The molecule has 0 aromatic carbocycles. The van der Waals surface area contributed by atoms with Crippen molar-refractivity contribution in [2.24, 2.45) is 5.92 Å². The zero-order valence-electron chi connectivity index (χ0n) is 18.1. The first-order valence-electron chi connectivity index (χ1n) is 9.92. The molecule has 1 saturated heterocycles. The van der Waals surface area contributed by atoms with E-state index < -0.39 is 6.29 Å². The summed E-state index contributed by atoms with van der Waals surface area (Å²) in [6.45, 7) is 16.5. The van der Waals surface area contributed by atoms with E-state index in [1.54, 1.807) is 6.20 Å². The van der Waals surface area contributed by atoms with Gasteiger partial charge in [-0.1, -0.05) is 19.7 Å². The molecule has 7 nitrogen and oxygen atoms in total. The molecule has 30 heavy (non-hydrogen) atoms. The molecular formula is C22H36N4O3S. The highest BCUT2D eigenvalue weighted by Gasteiger charge is 2.29. The van der Waals surface area contributed by atoms with Crippen molar-refractivity contribution in [1.82, 2.24) is 14.7 Å². The Bertz CT molecular complexity index is 667. The average Bonchev–Trinajstić information content (AvgIpc) is 2.78. The number of piperazine rings is 1. The zero-order chi connectivity index (χ0) is 22.7. The monoisotopic (exact) mass is 436 g/mol. The Balaban J connectivity index is 0.00000218. The second kappa shape index (κ2) is 13.5. The quantitative estimate of drug-likeness (QED) is 0.200. The third-order valence-corrected chi connectivity index (χ3v) is 5.86. The Morgan fingerprint density at radius 1 is 1.20 bits per heavy atom. The number of hydrogen-bond donors (Lipinski definition) is 4. The maximum Gasteiger partial charge on any atom is 0.156 e. The lowest BCUT2D eigenvalue weighted by Gasteiger charge is -2.40. The molecule has 168 valence electrons. The Hall–Kier alpha value is -1.84. The zero-order valence-corrected chi connectivity index (χ0v) is 18.9. The van der Waals surface area contributed by atoms with E-state index in [0.29, 0.717) is 18.0 Å². The number of aliphatic hydroxyl groups excluding tert-OH is 2. The summed E-state index contributed by atoms with van der Waals surface area (Å²) in [5.74, 6) is -0.231. The largest absolute Gasteiger partial charge is 0.400 e. The van der Waals surface area contributed by atoms with Gasteiger partial charge in [-0.3, -0.25) is 10.3 Å². The van der Waals surface area contributed by atoms with Crippen LogP contribution in [0.1, 0.15) is 6.42 Å². The first kappa shape index (κ1) is 26.2. The molecule has 0 spiro atoms. The highest BCUT2D eigenvalue weighted by atomic mass is 32.2. The van der Waals surface area contributed by atoms with Crippen molar-refractivity contribution in [1.29, 1.82) is 5.41 Å². The van der Waals surface area contributed by atoms with Crippen molar-refractivity contribution < 1.29 is 15.3 Å². The van der Waals surface area contributed by atoms with Gasteiger partial charge in [-0.05, 0) is 42.7 Å². The minimum atomic E-state index is -1.34. The average molecular weight is 437 g/mol. The summed E-state index contributed by atoms with van der Waals surface area (Å²) in [6.07, 6.45) is 8.44. The molecule has 0 saturated carbocycles. The number of nitrogens with zero attached hydrogens (tertiary/aromatic N) is 3. The Morgan fingerprint density at radius 3 is 2.30 bits per heavy atom. The van der Waals surface area contributed by atoms with Crippen LogP contribution in [0.15, 0.2) is 61.1 Å². The number of allylic oxidation sites excluding steroid dienone is 2. The van der Waals surface area contributed by atoms with Gasteiger partial charge in [0.25, 0.3) is 0 Å². The van der Waals surface area contributed by atoms with Gasteiger partial charge < -0.3 is 25.1 Å². The second-order valence-electron chi connectivity index (χ2n) is 7.01. The molecule has 8 heteroatoms. The lowest BCUT2D eigenvalue weighted by Crippen LogP contribution is -2.47. The summed E-state index contributed by atoms with van der Waals surface area (Å²) in [5, 5.41) is 34.8. The summed E-state index contributed by atoms with van der Waals surface area (Å²) < 4.78 is 0. The molecule has 0 aliphatic carbocycles. The van der Waals surface area contributed by atoms with Crippen LogP contribution >= 0.6 is 11.8 Å². The smallest absolute Gasteiger partial charge is 0.156 e. The molecule has 0 bridgehead atoms. The fraction of sp³-hybridized carbons (Fsp3) is 0.500. The lowest BCUT2D eigenvalue weighted by molar-refractivity contribution is -0.0895. The third-order valence-electron chi connectivity index (χ3n) is 5.31. The van der Waals surface area contributed by atoms with E-state index in [1.165, 1.54) is 11.8 Å².